The third kappa shape index (κ3) is 3.85. The monoisotopic (exact) mass is 460 g/mol. The average molecular weight is 460 g/mol. The Labute approximate surface area is 190 Å². The molecule has 33 heavy (non-hydrogen) atoms. The number of aryl methyl sites for hydroxylation is 1. The van der Waals surface area contributed by atoms with Gasteiger partial charge in [-0.1, -0.05) is 13.8 Å². The second kappa shape index (κ2) is 7.60. The Hall–Kier alpha value is -3.37. The number of halogens is 2. The summed E-state index contributed by atoms with van der Waals surface area (Å²) in [6.45, 7) is 8.06. The summed E-state index contributed by atoms with van der Waals surface area (Å²) in [6.07, 6.45) is -3.71. The number of likely N-dealkylation sites (N-methyl/N-ethyl adjacent to an activating group) is 1. The molecule has 3 aliphatic heterocycles. The van der Waals surface area contributed by atoms with Crippen LogP contribution in [-0.4, -0.2) is 65.8 Å². The molecule has 1 amide bonds. The van der Waals surface area contributed by atoms with Crippen molar-refractivity contribution >= 4 is 23.4 Å². The van der Waals surface area contributed by atoms with E-state index in [1.807, 2.05) is 14.0 Å². The Kier molecular flexibility index (Phi) is 4.95. The second-order valence-electron chi connectivity index (χ2n) is 9.01. The minimum Gasteiger partial charge on any atom is -0.395 e. The predicted molar refractivity (Wildman–Crippen MR) is 118 cm³/mol. The molecular formula is C22H26F2N6O3. The van der Waals surface area contributed by atoms with Gasteiger partial charge < -0.3 is 29.9 Å². The lowest BCUT2D eigenvalue weighted by atomic mass is 10.0. The van der Waals surface area contributed by atoms with E-state index in [9.17, 15) is 13.6 Å². The van der Waals surface area contributed by atoms with Crippen molar-refractivity contribution in [3.05, 3.63) is 29.5 Å². The molecule has 0 spiro atoms. The minimum atomic E-state index is -3.71. The Morgan fingerprint density at radius 1 is 1.24 bits per heavy atom. The highest BCUT2D eigenvalue weighted by atomic mass is 19.3. The van der Waals surface area contributed by atoms with E-state index in [1.165, 1.54) is 18.2 Å². The molecule has 1 aromatic carbocycles. The fourth-order valence-corrected chi connectivity index (χ4v) is 4.45. The normalized spacial score (nSPS) is 20.9. The van der Waals surface area contributed by atoms with Crippen LogP contribution in [0.1, 0.15) is 29.9 Å². The van der Waals surface area contributed by atoms with E-state index in [0.717, 1.165) is 23.7 Å². The fourth-order valence-electron chi connectivity index (χ4n) is 4.45. The van der Waals surface area contributed by atoms with Crippen LogP contribution in [0.2, 0.25) is 0 Å². The zero-order valence-electron chi connectivity index (χ0n) is 18.9. The number of carbonyl (C=O) groups is 1. The summed E-state index contributed by atoms with van der Waals surface area (Å²) in [4.78, 5) is 25.9. The molecule has 1 aromatic heterocycles. The molecule has 11 heteroatoms. The fraction of sp³-hybridized carbons (Fsp3) is 0.500. The SMILES string of the molecule is Cc1nc(NC2CN(C(=O)c3ccc4c(c3)OC(F)(F)O4)C2)nc2c1NC[C@H](C(C)C)N2C. The number of alkyl halides is 2. The number of amides is 1. The molecule has 2 N–H and O–H groups in total. The van der Waals surface area contributed by atoms with Crippen molar-refractivity contribution in [2.75, 3.05) is 42.2 Å². The molecule has 1 fully saturated rings. The molecule has 176 valence electrons. The van der Waals surface area contributed by atoms with Crippen molar-refractivity contribution in [3.63, 3.8) is 0 Å². The molecule has 0 bridgehead atoms. The number of hydrogen-bond acceptors (Lipinski definition) is 8. The lowest BCUT2D eigenvalue weighted by molar-refractivity contribution is -0.286. The Morgan fingerprint density at radius 2 is 1.97 bits per heavy atom. The van der Waals surface area contributed by atoms with Crippen molar-refractivity contribution < 1.29 is 23.0 Å². The van der Waals surface area contributed by atoms with Crippen molar-refractivity contribution in [1.82, 2.24) is 14.9 Å². The number of anilines is 3. The van der Waals surface area contributed by atoms with Gasteiger partial charge in [-0.25, -0.2) is 4.98 Å². The predicted octanol–water partition coefficient (Wildman–Crippen LogP) is 2.93. The van der Waals surface area contributed by atoms with Crippen LogP contribution in [-0.2, 0) is 0 Å². The molecule has 2 aromatic rings. The van der Waals surface area contributed by atoms with Crippen molar-refractivity contribution in [3.8, 4) is 11.5 Å². The first-order valence-corrected chi connectivity index (χ1v) is 10.9. The zero-order valence-corrected chi connectivity index (χ0v) is 18.9. The summed E-state index contributed by atoms with van der Waals surface area (Å²) in [5.74, 6) is 1.36. The molecule has 0 radical (unpaired) electrons. The van der Waals surface area contributed by atoms with Crippen molar-refractivity contribution in [2.45, 2.75) is 39.1 Å². The number of nitrogens with zero attached hydrogens (tertiary/aromatic N) is 4. The van der Waals surface area contributed by atoms with E-state index in [4.69, 9.17) is 4.98 Å². The van der Waals surface area contributed by atoms with Crippen LogP contribution in [0.25, 0.3) is 0 Å². The Bertz CT molecular complexity index is 1110. The number of aromatic nitrogens is 2. The van der Waals surface area contributed by atoms with Gasteiger partial charge in [0.15, 0.2) is 17.3 Å². The third-order valence-electron chi connectivity index (χ3n) is 6.31. The Balaban J connectivity index is 1.23. The number of likely N-dealkylation sites (tertiary alicyclic amines) is 1. The quantitative estimate of drug-likeness (QED) is 0.720. The maximum atomic E-state index is 13.2. The van der Waals surface area contributed by atoms with Crippen LogP contribution in [0.15, 0.2) is 18.2 Å². The van der Waals surface area contributed by atoms with Gasteiger partial charge >= 0.3 is 6.29 Å². The van der Waals surface area contributed by atoms with Gasteiger partial charge in [-0.15, -0.1) is 8.78 Å². The number of hydrogen-bond donors (Lipinski definition) is 2. The number of carbonyl (C=O) groups excluding carboxylic acids is 1. The highest BCUT2D eigenvalue weighted by Gasteiger charge is 2.44. The molecule has 5 rings (SSSR count). The van der Waals surface area contributed by atoms with Gasteiger partial charge in [0.25, 0.3) is 5.91 Å². The lowest BCUT2D eigenvalue weighted by Crippen LogP contribution is -2.57. The summed E-state index contributed by atoms with van der Waals surface area (Å²) >= 11 is 0. The van der Waals surface area contributed by atoms with Crippen LogP contribution < -0.4 is 25.0 Å². The van der Waals surface area contributed by atoms with Gasteiger partial charge in [0, 0.05) is 38.3 Å². The van der Waals surface area contributed by atoms with Crippen LogP contribution in [0.3, 0.4) is 0 Å². The summed E-state index contributed by atoms with van der Waals surface area (Å²) in [5, 5.41) is 6.76. The number of benzene rings is 1. The summed E-state index contributed by atoms with van der Waals surface area (Å²) in [5.41, 5.74) is 2.07. The van der Waals surface area contributed by atoms with E-state index in [1.54, 1.807) is 4.90 Å². The van der Waals surface area contributed by atoms with E-state index in [-0.39, 0.29) is 29.0 Å². The van der Waals surface area contributed by atoms with Crippen LogP contribution in [0, 0.1) is 12.8 Å². The minimum absolute atomic E-state index is 0.00695. The van der Waals surface area contributed by atoms with Crippen LogP contribution >= 0.6 is 0 Å². The van der Waals surface area contributed by atoms with Crippen molar-refractivity contribution in [2.24, 2.45) is 5.92 Å². The number of rotatable bonds is 4. The van der Waals surface area contributed by atoms with Crippen LogP contribution in [0.4, 0.5) is 26.2 Å². The molecule has 1 atom stereocenters. The molecule has 3 aliphatic rings. The standard InChI is InChI=1S/C22H26F2N6O3/c1-11(2)15-8-25-18-12(3)26-21(28-19(18)29(15)4)27-14-9-30(10-14)20(31)13-5-6-16-17(7-13)33-22(23,24)32-16/h5-7,11,14-15,25H,8-10H2,1-4H3,(H,26,27,28)/t15-/m1/s1. The smallest absolute Gasteiger partial charge is 0.395 e. The topological polar surface area (TPSA) is 91.9 Å². The number of ether oxygens (including phenoxy) is 2. The van der Waals surface area contributed by atoms with Crippen LogP contribution in [0.5, 0.6) is 11.5 Å². The highest BCUT2D eigenvalue weighted by Crippen LogP contribution is 2.41. The van der Waals surface area contributed by atoms with Crippen molar-refractivity contribution in [1.29, 1.82) is 0 Å². The largest absolute Gasteiger partial charge is 0.586 e. The summed E-state index contributed by atoms with van der Waals surface area (Å²) in [7, 11) is 2.05. The van der Waals surface area contributed by atoms with Gasteiger partial charge in [0.1, 0.15) is 0 Å². The van der Waals surface area contributed by atoms with Gasteiger partial charge in [-0.2, -0.15) is 4.98 Å². The number of nitrogens with one attached hydrogen (secondary N) is 2. The summed E-state index contributed by atoms with van der Waals surface area (Å²) in [6, 6.07) is 4.38. The number of fused-ring (bicyclic) bond motifs is 2. The van der Waals surface area contributed by atoms with Gasteiger partial charge in [-0.05, 0) is 31.0 Å². The van der Waals surface area contributed by atoms with Gasteiger partial charge in [0.05, 0.1) is 17.4 Å². The van der Waals surface area contributed by atoms with E-state index in [2.05, 4.69) is 43.8 Å². The summed E-state index contributed by atoms with van der Waals surface area (Å²) < 4.78 is 35.2. The molecule has 9 nitrogen and oxygen atoms in total. The van der Waals surface area contributed by atoms with E-state index >= 15 is 0 Å². The first kappa shape index (κ1) is 21.5. The molecule has 4 heterocycles. The molecule has 0 aliphatic carbocycles. The van der Waals surface area contributed by atoms with E-state index in [0.29, 0.717) is 31.0 Å². The highest BCUT2D eigenvalue weighted by molar-refractivity contribution is 5.95. The maximum Gasteiger partial charge on any atom is 0.586 e. The van der Waals surface area contributed by atoms with E-state index < -0.39 is 6.29 Å². The molecule has 1 saturated heterocycles. The Morgan fingerprint density at radius 3 is 2.70 bits per heavy atom. The first-order valence-electron chi connectivity index (χ1n) is 10.9. The zero-order chi connectivity index (χ0) is 23.5. The molecular weight excluding hydrogens is 434 g/mol. The van der Waals surface area contributed by atoms with Gasteiger partial charge in [0.2, 0.25) is 5.95 Å². The lowest BCUT2D eigenvalue weighted by Gasteiger charge is -2.41. The third-order valence-corrected chi connectivity index (χ3v) is 6.31. The maximum absolute atomic E-state index is 13.2. The molecule has 0 saturated carbocycles. The van der Waals surface area contributed by atoms with Gasteiger partial charge in [-0.3, -0.25) is 4.79 Å². The second-order valence-corrected chi connectivity index (χ2v) is 9.01. The first-order chi connectivity index (χ1) is 15.6. The molecule has 0 unspecified atom stereocenters. The average Bonchev–Trinajstić information content (AvgIpc) is 3.03.